The highest BCUT2D eigenvalue weighted by atomic mass is 16.4. The lowest BCUT2D eigenvalue weighted by Gasteiger charge is -2.36. The third kappa shape index (κ3) is 14.9. The van der Waals surface area contributed by atoms with Crippen molar-refractivity contribution in [2.24, 2.45) is 10.8 Å². The molecule has 10 unspecified atom stereocenters. The number of fused-ring (bicyclic) bond motifs is 2. The minimum Gasteiger partial charge on any atom is -0.478 e. The molecule has 7 rings (SSSR count). The second kappa shape index (κ2) is 26.3. The van der Waals surface area contributed by atoms with Crippen LogP contribution >= 0.6 is 0 Å². The summed E-state index contributed by atoms with van der Waals surface area (Å²) in [6.07, 6.45) is 7.10. The number of nitrogens with zero attached hydrogens (tertiary/aromatic N) is 2. The van der Waals surface area contributed by atoms with Gasteiger partial charge in [-0.2, -0.15) is 0 Å². The number of carbonyl (C=O) groups excluding carboxylic acids is 8. The molecule has 19 nitrogen and oxygen atoms in total. The number of amides is 7. The topological polar surface area (TPSA) is 265 Å². The van der Waals surface area contributed by atoms with Crippen LogP contribution in [0.3, 0.4) is 0 Å². The maximum atomic E-state index is 14.8. The van der Waals surface area contributed by atoms with Crippen LogP contribution in [0.5, 0.6) is 0 Å². The molecule has 8 N–H and O–H groups in total. The molecule has 2 aliphatic carbocycles. The molecule has 0 spiro atoms. The second-order valence-electron chi connectivity index (χ2n) is 24.9. The number of carbonyl (C=O) groups is 9. The Kier molecular flexibility index (Phi) is 20.0. The van der Waals surface area contributed by atoms with Crippen LogP contribution < -0.4 is 37.2 Å². The van der Waals surface area contributed by atoms with Crippen molar-refractivity contribution >= 4 is 53.1 Å². The summed E-state index contributed by atoms with van der Waals surface area (Å²) in [6, 6.07) is 12.5. The number of nitrogens with one attached hydrogen (secondary N) is 7. The summed E-state index contributed by atoms with van der Waals surface area (Å²) >= 11 is 0. The number of aryl methyl sites for hydroxylation is 2. The highest BCUT2D eigenvalue weighted by Gasteiger charge is 2.48. The van der Waals surface area contributed by atoms with E-state index in [2.05, 4.69) is 49.4 Å². The molecule has 438 valence electrons. The van der Waals surface area contributed by atoms with Crippen LogP contribution in [-0.2, 0) is 41.6 Å². The number of likely N-dealkylation sites (N-methyl/N-ethyl adjacent to an activating group) is 2. The Morgan fingerprint density at radius 2 is 1.06 bits per heavy atom. The molecule has 81 heavy (non-hydrogen) atoms. The van der Waals surface area contributed by atoms with E-state index < -0.39 is 106 Å². The fourth-order valence-electron chi connectivity index (χ4n) is 11.9. The number of rotatable bonds is 20. The Bertz CT molecular complexity index is 2860. The number of hydrogen-bond donors (Lipinski definition) is 8. The van der Waals surface area contributed by atoms with Gasteiger partial charge in [0, 0.05) is 42.7 Å². The van der Waals surface area contributed by atoms with Gasteiger partial charge in [0.25, 0.3) is 11.8 Å². The zero-order valence-corrected chi connectivity index (χ0v) is 48.8. The van der Waals surface area contributed by atoms with Crippen molar-refractivity contribution in [2.75, 3.05) is 27.2 Å². The lowest BCUT2D eigenvalue weighted by molar-refractivity contribution is -0.144. The molecule has 3 aromatic carbocycles. The molecule has 7 amide bonds. The molecule has 0 saturated carbocycles. The van der Waals surface area contributed by atoms with Crippen molar-refractivity contribution in [3.8, 4) is 0 Å². The molecule has 19 heteroatoms. The van der Waals surface area contributed by atoms with Crippen LogP contribution in [0.15, 0.2) is 66.7 Å². The number of Topliss-reactive ketones (excluding diaryl/α,β-unsaturated/α-hetero) is 1. The van der Waals surface area contributed by atoms with Crippen LogP contribution in [-0.4, -0.2) is 144 Å². The third-order valence-corrected chi connectivity index (χ3v) is 16.8. The van der Waals surface area contributed by atoms with Crippen LogP contribution in [0.1, 0.15) is 178 Å². The van der Waals surface area contributed by atoms with Crippen molar-refractivity contribution in [3.05, 3.63) is 106 Å². The van der Waals surface area contributed by atoms with Crippen LogP contribution in [0.4, 0.5) is 0 Å². The van der Waals surface area contributed by atoms with Crippen LogP contribution in [0.2, 0.25) is 0 Å². The number of carboxylic acid groups (broad SMARTS) is 1. The molecular formula is C62H85N9O10. The normalized spacial score (nSPS) is 22.2. The molecular weight excluding hydrogens is 1030 g/mol. The molecule has 4 aliphatic rings. The summed E-state index contributed by atoms with van der Waals surface area (Å²) in [6.45, 7) is 14.0. The lowest BCUT2D eigenvalue weighted by Crippen LogP contribution is -2.59. The van der Waals surface area contributed by atoms with Crippen LogP contribution in [0, 0.1) is 10.8 Å². The molecule has 2 fully saturated rings. The molecule has 2 heterocycles. The van der Waals surface area contributed by atoms with Crippen molar-refractivity contribution in [1.82, 2.24) is 47.0 Å². The first-order valence-electron chi connectivity index (χ1n) is 28.8. The van der Waals surface area contributed by atoms with E-state index >= 15 is 0 Å². The molecule has 0 radical (unpaired) electrons. The summed E-state index contributed by atoms with van der Waals surface area (Å²) in [5.74, 6) is -5.03. The Morgan fingerprint density at radius 1 is 0.605 bits per heavy atom. The molecule has 0 bridgehead atoms. The van der Waals surface area contributed by atoms with E-state index in [0.29, 0.717) is 18.8 Å². The zero-order valence-electron chi connectivity index (χ0n) is 48.8. The molecule has 2 saturated heterocycles. The van der Waals surface area contributed by atoms with Gasteiger partial charge in [-0.25, -0.2) is 4.79 Å². The molecule has 2 aliphatic heterocycles. The maximum absolute atomic E-state index is 14.8. The lowest BCUT2D eigenvalue weighted by atomic mass is 9.80. The predicted molar refractivity (Wildman–Crippen MR) is 307 cm³/mol. The first kappa shape index (κ1) is 61.6. The summed E-state index contributed by atoms with van der Waals surface area (Å²) in [5.41, 5.74) is 2.45. The number of likely N-dealkylation sites (tertiary alicyclic amines) is 2. The van der Waals surface area contributed by atoms with Gasteiger partial charge in [-0.15, -0.1) is 0 Å². The van der Waals surface area contributed by atoms with Crippen molar-refractivity contribution in [2.45, 2.75) is 186 Å². The predicted octanol–water partition coefficient (Wildman–Crippen LogP) is 5.11. The average molecular weight is 1120 g/mol. The number of ketones is 1. The monoisotopic (exact) mass is 1120 g/mol. The van der Waals surface area contributed by atoms with Crippen molar-refractivity contribution < 1.29 is 48.3 Å². The molecule has 3 aromatic rings. The highest BCUT2D eigenvalue weighted by molar-refractivity contribution is 6.04. The van der Waals surface area contributed by atoms with Crippen molar-refractivity contribution in [3.63, 3.8) is 0 Å². The summed E-state index contributed by atoms with van der Waals surface area (Å²) in [7, 11) is 3.26. The standard InChI is InChI=1S/C62H85N9O10/c1-35(63-9)53(73)68-51(61(3,4)5)58(78)70-33-43(31-48(70)50(72)27-17-23-38-21-15-20-37-18-11-13-24-45(37)38)65-55(75)40-28-41(30-42(29-40)60(80)81)56(76)66-44-32-49(57(77)67-47-26-16-22-39-19-12-14-25-46(39)47)71(34-44)59(79)52(62(6,7)8)69-54(74)36(2)64-10/h11-14,18-19,24-25,28-30,35-36,38,43-44,47-49,51-52,63-64H,15-17,20-23,26-27,31-34H2,1-10H3,(H,65,75)(H,66,76)(H,67,77)(H,68,73)(H,69,74)(H,80,81). The van der Waals surface area contributed by atoms with E-state index in [-0.39, 0.29) is 60.9 Å². The minimum absolute atomic E-state index is 0.0129. The van der Waals surface area contributed by atoms with Crippen LogP contribution in [0.25, 0.3) is 0 Å². The van der Waals surface area contributed by atoms with Gasteiger partial charge in [-0.3, -0.25) is 38.4 Å². The summed E-state index contributed by atoms with van der Waals surface area (Å²) in [4.78, 5) is 129. The Balaban J connectivity index is 1.11. The van der Waals surface area contributed by atoms with Gasteiger partial charge >= 0.3 is 5.97 Å². The number of benzene rings is 3. The van der Waals surface area contributed by atoms with Gasteiger partial charge in [0.2, 0.25) is 29.5 Å². The largest absolute Gasteiger partial charge is 0.478 e. The van der Waals surface area contributed by atoms with Gasteiger partial charge in [0.1, 0.15) is 18.1 Å². The average Bonchev–Trinajstić information content (AvgIpc) is 4.20. The molecule has 10 atom stereocenters. The Morgan fingerprint density at radius 3 is 1.57 bits per heavy atom. The van der Waals surface area contributed by atoms with E-state index in [4.69, 9.17) is 0 Å². The smallest absolute Gasteiger partial charge is 0.335 e. The summed E-state index contributed by atoms with van der Waals surface area (Å²) in [5, 5.41) is 30.9. The van der Waals surface area contributed by atoms with Crippen molar-refractivity contribution in [1.29, 1.82) is 0 Å². The van der Waals surface area contributed by atoms with E-state index in [9.17, 15) is 48.3 Å². The SMILES string of the molecule is CNC(C)C(=O)NC(C(=O)N1CC(NC(=O)c2cc(C(=O)O)cc(C(=O)NC3CC(C(=O)NC4CCCc5ccccc54)N(C(=O)C(NC(=O)C(C)NC)C(C)(C)C)C3)c2)CC1C(=O)CCCC1CCCc2ccccc21)C(C)(C)C. The first-order chi connectivity index (χ1) is 38.3. The fourth-order valence-corrected chi connectivity index (χ4v) is 11.9. The number of hydrogen-bond acceptors (Lipinski definition) is 11. The Labute approximate surface area is 476 Å². The summed E-state index contributed by atoms with van der Waals surface area (Å²) < 4.78 is 0. The van der Waals surface area contributed by atoms with Gasteiger partial charge in [0.15, 0.2) is 5.78 Å². The third-order valence-electron chi connectivity index (χ3n) is 16.8. The minimum atomic E-state index is -1.41. The zero-order chi connectivity index (χ0) is 59.1. The quantitative estimate of drug-likeness (QED) is 0.0734. The van der Waals surface area contributed by atoms with Gasteiger partial charge < -0.3 is 52.1 Å². The van der Waals surface area contributed by atoms with Gasteiger partial charge in [0.05, 0.1) is 29.7 Å². The highest BCUT2D eigenvalue weighted by Crippen LogP contribution is 2.36. The maximum Gasteiger partial charge on any atom is 0.335 e. The van der Waals surface area contributed by atoms with E-state index in [0.717, 1.165) is 61.8 Å². The van der Waals surface area contributed by atoms with Gasteiger partial charge in [-0.05, 0) is 149 Å². The van der Waals surface area contributed by atoms with E-state index in [1.165, 1.54) is 27.0 Å². The second-order valence-corrected chi connectivity index (χ2v) is 24.9. The van der Waals surface area contributed by atoms with E-state index in [1.807, 2.05) is 77.9 Å². The Hall–Kier alpha value is -6.99. The fraction of sp³-hybridized carbons (Fsp3) is 0.565. The van der Waals surface area contributed by atoms with E-state index in [1.54, 1.807) is 27.9 Å². The first-order valence-corrected chi connectivity index (χ1v) is 28.8. The number of aromatic carboxylic acids is 1. The van der Waals surface area contributed by atoms with Gasteiger partial charge in [-0.1, -0.05) is 90.1 Å². The number of carboxylic acids is 1. The molecule has 0 aromatic heterocycles.